The average molecular weight is 333 g/mol. The largest absolute Gasteiger partial charge is 0.366 e. The predicted octanol–water partition coefficient (Wildman–Crippen LogP) is 2.70. The molecule has 1 aromatic carbocycles. The second kappa shape index (κ2) is 6.35. The van der Waals surface area contributed by atoms with Gasteiger partial charge in [-0.1, -0.05) is 25.1 Å². The quantitative estimate of drug-likeness (QED) is 0.608. The fraction of sp³-hybridized carbons (Fsp3) is 0.222. The zero-order valence-corrected chi connectivity index (χ0v) is 14.2. The Hall–Kier alpha value is -3.22. The third-order valence-corrected chi connectivity index (χ3v) is 4.11. The van der Waals surface area contributed by atoms with Crippen LogP contribution >= 0.6 is 0 Å². The van der Waals surface area contributed by atoms with E-state index in [1.807, 2.05) is 30.2 Å². The van der Waals surface area contributed by atoms with E-state index in [4.69, 9.17) is 0 Å². The second-order valence-corrected chi connectivity index (χ2v) is 5.91. The van der Waals surface area contributed by atoms with Gasteiger partial charge in [-0.15, -0.1) is 0 Å². The number of aryl methyl sites for hydroxylation is 2. The van der Waals surface area contributed by atoms with E-state index in [1.54, 1.807) is 4.52 Å². The average Bonchev–Trinajstić information content (AvgIpc) is 3.28. The van der Waals surface area contributed by atoms with Crippen molar-refractivity contribution < 1.29 is 0 Å². The Morgan fingerprint density at radius 3 is 2.84 bits per heavy atom. The highest BCUT2D eigenvalue weighted by molar-refractivity contribution is 5.62. The molecule has 25 heavy (non-hydrogen) atoms. The van der Waals surface area contributed by atoms with Gasteiger partial charge in [-0.3, -0.25) is 4.68 Å². The van der Waals surface area contributed by atoms with Gasteiger partial charge in [0.2, 0.25) is 0 Å². The van der Waals surface area contributed by atoms with Gasteiger partial charge < -0.3 is 5.32 Å². The molecule has 0 saturated heterocycles. The van der Waals surface area contributed by atoms with E-state index in [9.17, 15) is 0 Å². The first-order valence-electron chi connectivity index (χ1n) is 8.24. The highest BCUT2D eigenvalue weighted by Gasteiger charge is 2.07. The molecule has 0 aliphatic heterocycles. The maximum atomic E-state index is 4.47. The van der Waals surface area contributed by atoms with E-state index in [-0.39, 0.29) is 0 Å². The lowest BCUT2D eigenvalue weighted by Crippen LogP contribution is -2.07. The van der Waals surface area contributed by atoms with Crippen molar-refractivity contribution >= 4 is 11.6 Å². The summed E-state index contributed by atoms with van der Waals surface area (Å²) < 4.78 is 3.54. The fourth-order valence-corrected chi connectivity index (χ4v) is 2.79. The van der Waals surface area contributed by atoms with Gasteiger partial charge in [0.15, 0.2) is 0 Å². The van der Waals surface area contributed by atoms with Crippen LogP contribution < -0.4 is 5.32 Å². The molecule has 4 rings (SSSR count). The number of hydrogen-bond acceptors (Lipinski definition) is 5. The minimum absolute atomic E-state index is 0.617. The summed E-state index contributed by atoms with van der Waals surface area (Å²) in [7, 11) is 1.92. The van der Waals surface area contributed by atoms with E-state index in [0.29, 0.717) is 12.3 Å². The maximum Gasteiger partial charge on any atom is 0.254 e. The molecule has 0 spiro atoms. The third-order valence-electron chi connectivity index (χ3n) is 4.11. The van der Waals surface area contributed by atoms with Crippen LogP contribution in [-0.2, 0) is 20.0 Å². The number of anilines is 1. The monoisotopic (exact) mass is 333 g/mol. The van der Waals surface area contributed by atoms with Crippen molar-refractivity contribution in [3.05, 3.63) is 60.3 Å². The van der Waals surface area contributed by atoms with Gasteiger partial charge in [-0.25, -0.2) is 4.98 Å². The molecule has 1 N–H and O–H groups in total. The Labute approximate surface area is 145 Å². The number of rotatable bonds is 5. The molecule has 0 unspecified atom stereocenters. The molecular formula is C18H19N7. The van der Waals surface area contributed by atoms with Crippen molar-refractivity contribution in [1.82, 2.24) is 29.4 Å². The smallest absolute Gasteiger partial charge is 0.254 e. The van der Waals surface area contributed by atoms with Gasteiger partial charge in [-0.2, -0.15) is 19.7 Å². The summed E-state index contributed by atoms with van der Waals surface area (Å²) in [5.74, 6) is 1.51. The summed E-state index contributed by atoms with van der Waals surface area (Å²) in [4.78, 5) is 8.66. The van der Waals surface area contributed by atoms with Gasteiger partial charge in [0.05, 0.1) is 6.20 Å². The third kappa shape index (κ3) is 3.08. The molecule has 7 nitrogen and oxygen atoms in total. The standard InChI is InChI=1S/C18H19N7/c1-3-16-8-17(25-18(23-16)20-12-22-25)19-9-13-5-4-6-14(7-13)15-10-21-24(2)11-15/h4-8,10-12,19H,3,9H2,1-2H3. The van der Waals surface area contributed by atoms with Crippen LogP contribution in [-0.4, -0.2) is 29.4 Å². The second-order valence-electron chi connectivity index (χ2n) is 5.91. The summed E-state index contributed by atoms with van der Waals surface area (Å²) in [6, 6.07) is 10.5. The van der Waals surface area contributed by atoms with Crippen LogP contribution in [0.15, 0.2) is 49.1 Å². The van der Waals surface area contributed by atoms with Crippen LogP contribution in [0, 0.1) is 0 Å². The van der Waals surface area contributed by atoms with Crippen molar-refractivity contribution in [1.29, 1.82) is 0 Å². The molecule has 0 aliphatic rings. The summed E-state index contributed by atoms with van der Waals surface area (Å²) in [6.07, 6.45) is 6.27. The summed E-state index contributed by atoms with van der Waals surface area (Å²) >= 11 is 0. The van der Waals surface area contributed by atoms with Crippen LogP contribution in [0.1, 0.15) is 18.2 Å². The molecule has 3 heterocycles. The minimum atomic E-state index is 0.617. The topological polar surface area (TPSA) is 72.9 Å². The molecule has 0 fully saturated rings. The molecule has 4 aromatic rings. The lowest BCUT2D eigenvalue weighted by molar-refractivity contribution is 0.768. The van der Waals surface area contributed by atoms with Gasteiger partial charge in [-0.05, 0) is 23.6 Å². The number of aromatic nitrogens is 6. The maximum absolute atomic E-state index is 4.47. The zero-order valence-electron chi connectivity index (χ0n) is 14.2. The number of benzene rings is 1. The van der Waals surface area contributed by atoms with E-state index in [2.05, 4.69) is 56.7 Å². The zero-order chi connectivity index (χ0) is 17.2. The number of nitrogens with one attached hydrogen (secondary N) is 1. The van der Waals surface area contributed by atoms with Gasteiger partial charge in [0.1, 0.15) is 12.1 Å². The number of nitrogens with zero attached hydrogens (tertiary/aromatic N) is 6. The van der Waals surface area contributed by atoms with Crippen molar-refractivity contribution in [2.45, 2.75) is 19.9 Å². The Kier molecular flexibility index (Phi) is 3.89. The van der Waals surface area contributed by atoms with Crippen LogP contribution in [0.5, 0.6) is 0 Å². The van der Waals surface area contributed by atoms with Crippen molar-refractivity contribution in [3.8, 4) is 11.1 Å². The first-order chi connectivity index (χ1) is 12.2. The van der Waals surface area contributed by atoms with Crippen molar-refractivity contribution in [3.63, 3.8) is 0 Å². The molecule has 126 valence electrons. The highest BCUT2D eigenvalue weighted by atomic mass is 15.3. The van der Waals surface area contributed by atoms with E-state index in [1.165, 1.54) is 11.9 Å². The van der Waals surface area contributed by atoms with Crippen molar-refractivity contribution in [2.24, 2.45) is 7.05 Å². The van der Waals surface area contributed by atoms with Gasteiger partial charge >= 0.3 is 0 Å². The lowest BCUT2D eigenvalue weighted by Gasteiger charge is -2.10. The molecule has 3 aromatic heterocycles. The van der Waals surface area contributed by atoms with E-state index in [0.717, 1.165) is 29.1 Å². The molecule has 0 bridgehead atoms. The Bertz CT molecular complexity index is 1020. The Morgan fingerprint density at radius 2 is 2.04 bits per heavy atom. The summed E-state index contributed by atoms with van der Waals surface area (Å²) in [5.41, 5.74) is 4.44. The molecule has 0 radical (unpaired) electrons. The fourth-order valence-electron chi connectivity index (χ4n) is 2.79. The normalized spacial score (nSPS) is 11.1. The number of fused-ring (bicyclic) bond motifs is 1. The first kappa shape index (κ1) is 15.3. The molecular weight excluding hydrogens is 314 g/mol. The van der Waals surface area contributed by atoms with Crippen LogP contribution in [0.3, 0.4) is 0 Å². The van der Waals surface area contributed by atoms with E-state index < -0.39 is 0 Å². The van der Waals surface area contributed by atoms with Crippen molar-refractivity contribution in [2.75, 3.05) is 5.32 Å². The van der Waals surface area contributed by atoms with Crippen LogP contribution in [0.2, 0.25) is 0 Å². The first-order valence-corrected chi connectivity index (χ1v) is 8.24. The van der Waals surface area contributed by atoms with Crippen LogP contribution in [0.25, 0.3) is 16.9 Å². The predicted molar refractivity (Wildman–Crippen MR) is 96.1 cm³/mol. The Balaban J connectivity index is 1.58. The summed E-state index contributed by atoms with van der Waals surface area (Å²) in [6.45, 7) is 2.77. The minimum Gasteiger partial charge on any atom is -0.366 e. The highest BCUT2D eigenvalue weighted by Crippen LogP contribution is 2.20. The molecule has 0 saturated carbocycles. The van der Waals surface area contributed by atoms with Gasteiger partial charge in [0.25, 0.3) is 5.78 Å². The molecule has 7 heteroatoms. The molecule has 0 amide bonds. The van der Waals surface area contributed by atoms with E-state index >= 15 is 0 Å². The Morgan fingerprint density at radius 1 is 1.12 bits per heavy atom. The van der Waals surface area contributed by atoms with Crippen LogP contribution in [0.4, 0.5) is 5.82 Å². The molecule has 0 aliphatic carbocycles. The molecule has 0 atom stereocenters. The van der Waals surface area contributed by atoms with Gasteiger partial charge in [0, 0.05) is 37.1 Å². The number of hydrogen-bond donors (Lipinski definition) is 1. The summed E-state index contributed by atoms with van der Waals surface area (Å²) in [5, 5.41) is 11.9. The lowest BCUT2D eigenvalue weighted by atomic mass is 10.1. The SMILES string of the molecule is CCc1cc(NCc2cccc(-c3cnn(C)c3)c2)n2ncnc2n1.